The molecule has 1 amide bonds. The van der Waals surface area contributed by atoms with Crippen LogP contribution in [0, 0.1) is 20.8 Å². The number of likely N-dealkylation sites (tertiary alicyclic amines) is 1. The van der Waals surface area contributed by atoms with Crippen LogP contribution in [-0.4, -0.2) is 59.9 Å². The first-order valence-electron chi connectivity index (χ1n) is 13.7. The number of rotatable bonds is 6. The van der Waals surface area contributed by atoms with Gasteiger partial charge in [0.1, 0.15) is 12.4 Å². The van der Waals surface area contributed by atoms with Crippen molar-refractivity contribution in [1.82, 2.24) is 35.2 Å². The number of amides is 1. The number of nitrogens with one attached hydrogen (secondary N) is 2. The van der Waals surface area contributed by atoms with E-state index >= 15 is 0 Å². The fourth-order valence-electron chi connectivity index (χ4n) is 5.29. The lowest BCUT2D eigenvalue weighted by Crippen LogP contribution is -2.50. The third-order valence-electron chi connectivity index (χ3n) is 7.57. The lowest BCUT2D eigenvalue weighted by Gasteiger charge is -2.37. The van der Waals surface area contributed by atoms with Crippen molar-refractivity contribution in [3.63, 3.8) is 0 Å². The lowest BCUT2D eigenvalue weighted by molar-refractivity contribution is 0.0695. The van der Waals surface area contributed by atoms with Crippen molar-refractivity contribution in [2.75, 3.05) is 11.9 Å². The topological polar surface area (TPSA) is 135 Å². The van der Waals surface area contributed by atoms with Crippen LogP contribution in [0.3, 0.4) is 0 Å². The van der Waals surface area contributed by atoms with E-state index in [1.807, 2.05) is 63.2 Å². The zero-order valence-electron chi connectivity index (χ0n) is 23.5. The SMILES string of the molecule is Cc1cnc(N[C@H]2CC[C@H](C)N(C(=O)OCc3ccccc3)C2)nc1-c1[nH]nc2nc(-c3c(C)noc3C)ccc12. The lowest BCUT2D eigenvalue weighted by atomic mass is 10.00. The number of benzene rings is 1. The molecule has 41 heavy (non-hydrogen) atoms. The largest absolute Gasteiger partial charge is 0.445 e. The van der Waals surface area contributed by atoms with Crippen LogP contribution in [0.1, 0.15) is 42.3 Å². The Bertz CT molecular complexity index is 1680. The number of nitrogens with zero attached hydrogens (tertiary/aromatic N) is 6. The molecule has 1 aromatic carbocycles. The molecule has 0 spiro atoms. The average molecular weight is 553 g/mol. The van der Waals surface area contributed by atoms with Crippen LogP contribution in [0.2, 0.25) is 0 Å². The maximum absolute atomic E-state index is 12.9. The molecule has 1 saturated heterocycles. The van der Waals surface area contributed by atoms with Crippen molar-refractivity contribution in [1.29, 1.82) is 0 Å². The number of aromatic nitrogens is 6. The second kappa shape index (κ2) is 11.0. The molecule has 11 nitrogen and oxygen atoms in total. The van der Waals surface area contributed by atoms with Gasteiger partial charge in [0.2, 0.25) is 5.95 Å². The molecule has 0 unspecified atom stereocenters. The van der Waals surface area contributed by atoms with Gasteiger partial charge in [0.05, 0.1) is 28.3 Å². The van der Waals surface area contributed by atoms with Gasteiger partial charge >= 0.3 is 6.09 Å². The Hall–Kier alpha value is -4.80. The molecule has 1 fully saturated rings. The quantitative estimate of drug-likeness (QED) is 0.276. The normalized spacial score (nSPS) is 17.1. The molecule has 2 atom stereocenters. The van der Waals surface area contributed by atoms with Gasteiger partial charge in [-0.2, -0.15) is 5.10 Å². The van der Waals surface area contributed by atoms with Crippen molar-refractivity contribution in [2.45, 2.75) is 59.2 Å². The summed E-state index contributed by atoms with van der Waals surface area (Å²) in [7, 11) is 0. The molecule has 5 heterocycles. The zero-order valence-corrected chi connectivity index (χ0v) is 23.5. The monoisotopic (exact) mass is 552 g/mol. The van der Waals surface area contributed by atoms with Crippen LogP contribution in [0.15, 0.2) is 53.2 Å². The van der Waals surface area contributed by atoms with Crippen LogP contribution in [0.4, 0.5) is 10.7 Å². The Balaban J connectivity index is 1.19. The molecule has 1 aliphatic rings. The van der Waals surface area contributed by atoms with Gasteiger partial charge in [0.25, 0.3) is 0 Å². The second-order valence-electron chi connectivity index (χ2n) is 10.6. The Kier molecular flexibility index (Phi) is 7.08. The van der Waals surface area contributed by atoms with Crippen LogP contribution < -0.4 is 5.32 Å². The van der Waals surface area contributed by atoms with Crippen molar-refractivity contribution < 1.29 is 14.1 Å². The first-order chi connectivity index (χ1) is 19.9. The van der Waals surface area contributed by atoms with Crippen LogP contribution in [-0.2, 0) is 11.3 Å². The highest BCUT2D eigenvalue weighted by molar-refractivity contribution is 5.92. The van der Waals surface area contributed by atoms with Crippen molar-refractivity contribution in [3.8, 4) is 22.6 Å². The molecule has 0 saturated carbocycles. The van der Waals surface area contributed by atoms with Gasteiger partial charge < -0.3 is 19.5 Å². The van der Waals surface area contributed by atoms with E-state index in [4.69, 9.17) is 19.2 Å². The molecule has 2 N–H and O–H groups in total. The Morgan fingerprint density at radius 3 is 2.73 bits per heavy atom. The number of pyridine rings is 1. The molecular formula is C30H32N8O3. The molecule has 210 valence electrons. The molecule has 0 aliphatic carbocycles. The fourth-order valence-corrected chi connectivity index (χ4v) is 5.29. The molecule has 6 rings (SSSR count). The van der Waals surface area contributed by atoms with Gasteiger partial charge in [-0.1, -0.05) is 35.5 Å². The summed E-state index contributed by atoms with van der Waals surface area (Å²) in [6.07, 6.45) is 3.21. The standard InChI is InChI=1S/C30H32N8O3/c1-17-14-31-29(32-22-11-10-18(2)38(15-22)30(39)40-16-21-8-6-5-7-9-21)34-26(17)27-23-12-13-24(33-28(23)36-35-27)25-19(3)37-41-20(25)4/h5-9,12-14,18,22H,10-11,15-16H2,1-4H3,(H,31,32,34)(H,33,35,36)/t18-,22-/m0/s1. The predicted octanol–water partition coefficient (Wildman–Crippen LogP) is 5.60. The first-order valence-corrected chi connectivity index (χ1v) is 13.7. The van der Waals surface area contributed by atoms with E-state index in [1.54, 1.807) is 11.1 Å². The predicted molar refractivity (Wildman–Crippen MR) is 154 cm³/mol. The Morgan fingerprint density at radius 1 is 1.12 bits per heavy atom. The number of ether oxygens (including phenoxy) is 1. The van der Waals surface area contributed by atoms with E-state index in [2.05, 4.69) is 32.6 Å². The molecule has 4 aromatic heterocycles. The minimum Gasteiger partial charge on any atom is -0.445 e. The van der Waals surface area contributed by atoms with Gasteiger partial charge in [-0.15, -0.1) is 0 Å². The summed E-state index contributed by atoms with van der Waals surface area (Å²) in [6, 6.07) is 13.7. The minimum absolute atomic E-state index is 0.0104. The molecule has 5 aromatic rings. The molecule has 1 aliphatic heterocycles. The van der Waals surface area contributed by atoms with Gasteiger partial charge in [-0.05, 0) is 63.8 Å². The number of fused-ring (bicyclic) bond motifs is 1. The smallest absolute Gasteiger partial charge is 0.410 e. The fraction of sp³-hybridized carbons (Fsp3) is 0.333. The van der Waals surface area contributed by atoms with E-state index in [0.29, 0.717) is 23.9 Å². The van der Waals surface area contributed by atoms with E-state index < -0.39 is 0 Å². The van der Waals surface area contributed by atoms with Crippen LogP contribution >= 0.6 is 0 Å². The van der Waals surface area contributed by atoms with Crippen LogP contribution in [0.25, 0.3) is 33.7 Å². The number of piperidine rings is 1. The van der Waals surface area contributed by atoms with Crippen LogP contribution in [0.5, 0.6) is 0 Å². The van der Waals surface area contributed by atoms with Crippen molar-refractivity contribution >= 4 is 23.1 Å². The number of carbonyl (C=O) groups excluding carboxylic acids is 1. The summed E-state index contributed by atoms with van der Waals surface area (Å²) in [4.78, 5) is 28.8. The molecular weight excluding hydrogens is 520 g/mol. The Labute approximate surface area is 237 Å². The maximum Gasteiger partial charge on any atom is 0.410 e. The maximum atomic E-state index is 12.9. The van der Waals surface area contributed by atoms with E-state index in [1.165, 1.54) is 0 Å². The number of aromatic amines is 1. The van der Waals surface area contributed by atoms with Crippen molar-refractivity contribution in [2.24, 2.45) is 0 Å². The second-order valence-corrected chi connectivity index (χ2v) is 10.6. The number of hydrogen-bond donors (Lipinski definition) is 2. The molecule has 0 bridgehead atoms. The van der Waals surface area contributed by atoms with Gasteiger partial charge in [0.15, 0.2) is 5.65 Å². The summed E-state index contributed by atoms with van der Waals surface area (Å²) < 4.78 is 10.9. The first kappa shape index (κ1) is 26.4. The highest BCUT2D eigenvalue weighted by Crippen LogP contribution is 2.31. The highest BCUT2D eigenvalue weighted by atomic mass is 16.6. The number of carbonyl (C=O) groups is 1. The highest BCUT2D eigenvalue weighted by Gasteiger charge is 2.30. The van der Waals surface area contributed by atoms with E-state index in [0.717, 1.165) is 57.7 Å². The third kappa shape index (κ3) is 5.34. The summed E-state index contributed by atoms with van der Waals surface area (Å²) in [6.45, 7) is 8.53. The van der Waals surface area contributed by atoms with Crippen molar-refractivity contribution in [3.05, 3.63) is 71.2 Å². The van der Waals surface area contributed by atoms with E-state index in [-0.39, 0.29) is 24.8 Å². The molecule has 0 radical (unpaired) electrons. The zero-order chi connectivity index (χ0) is 28.5. The number of anilines is 1. The minimum atomic E-state index is -0.314. The van der Waals surface area contributed by atoms with Gasteiger partial charge in [0, 0.05) is 30.2 Å². The summed E-state index contributed by atoms with van der Waals surface area (Å²) in [5.41, 5.74) is 6.36. The number of aryl methyl sites for hydroxylation is 3. The van der Waals surface area contributed by atoms with Gasteiger partial charge in [-0.25, -0.2) is 19.7 Å². The number of hydrogen-bond acceptors (Lipinski definition) is 9. The molecule has 11 heteroatoms. The Morgan fingerprint density at radius 2 is 1.95 bits per heavy atom. The average Bonchev–Trinajstić information content (AvgIpc) is 3.55. The van der Waals surface area contributed by atoms with Gasteiger partial charge in [-0.3, -0.25) is 5.10 Å². The summed E-state index contributed by atoms with van der Waals surface area (Å²) >= 11 is 0. The number of H-pyrrole nitrogens is 1. The summed E-state index contributed by atoms with van der Waals surface area (Å²) in [5.74, 6) is 1.21. The third-order valence-corrected chi connectivity index (χ3v) is 7.57. The summed E-state index contributed by atoms with van der Waals surface area (Å²) in [5, 5.41) is 15.9. The van der Waals surface area contributed by atoms with E-state index in [9.17, 15) is 4.79 Å².